The van der Waals surface area contributed by atoms with Gasteiger partial charge in [0.1, 0.15) is 0 Å². The van der Waals surface area contributed by atoms with Gasteiger partial charge in [0.2, 0.25) is 0 Å². The van der Waals surface area contributed by atoms with Gasteiger partial charge in [0, 0.05) is 106 Å². The molecule has 0 aliphatic rings. The molecule has 0 atom stereocenters. The molecule has 4 nitrogen and oxygen atoms in total. The smallest absolute Gasteiger partial charge is 0.0562 e. The summed E-state index contributed by atoms with van der Waals surface area (Å²) in [5.74, 6) is 0. The lowest BCUT2D eigenvalue weighted by atomic mass is 10.00. The van der Waals surface area contributed by atoms with Gasteiger partial charge < -0.3 is 18.3 Å². The quantitative estimate of drug-likeness (QED) is 0.153. The predicted molar refractivity (Wildman–Crippen MR) is 396 cm³/mol. The van der Waals surface area contributed by atoms with Gasteiger partial charge >= 0.3 is 0 Å². The third-order valence-corrected chi connectivity index (χ3v) is 21.6. The highest BCUT2D eigenvalue weighted by atomic mass is 32.1. The molecule has 0 spiro atoms. The maximum atomic E-state index is 2.50. The van der Waals surface area contributed by atoms with Crippen LogP contribution in [0, 0.1) is 0 Å². The van der Waals surface area contributed by atoms with E-state index in [-0.39, 0.29) is 0 Å². The first-order valence-corrected chi connectivity index (χ1v) is 33.1. The van der Waals surface area contributed by atoms with Crippen LogP contribution in [0.3, 0.4) is 0 Å². The van der Waals surface area contributed by atoms with Crippen LogP contribution in [0.2, 0.25) is 0 Å². The second-order valence-corrected chi connectivity index (χ2v) is 26.5. The summed E-state index contributed by atoms with van der Waals surface area (Å²) in [6.45, 7) is 0. The van der Waals surface area contributed by atoms with Crippen molar-refractivity contribution in [3.05, 3.63) is 315 Å². The van der Waals surface area contributed by atoms with Gasteiger partial charge in [0.05, 0.1) is 49.8 Å². The third kappa shape index (κ3) is 7.63. The minimum absolute atomic E-state index is 1.16. The zero-order chi connectivity index (χ0) is 60.1. The van der Waals surface area contributed by atoms with Gasteiger partial charge in [-0.1, -0.05) is 200 Å². The predicted octanol–water partition coefficient (Wildman–Crippen LogP) is 24.5. The van der Waals surface area contributed by atoms with Crippen molar-refractivity contribution in [3.63, 3.8) is 0 Å². The number of rotatable bonds is 5. The van der Waals surface area contributed by atoms with Gasteiger partial charge in [0.25, 0.3) is 0 Å². The van der Waals surface area contributed by atoms with Crippen LogP contribution in [0.15, 0.2) is 315 Å². The molecule has 428 valence electrons. The summed E-state index contributed by atoms with van der Waals surface area (Å²) in [6.07, 6.45) is 0. The molecule has 6 heteroatoms. The van der Waals surface area contributed by atoms with Crippen molar-refractivity contribution in [2.24, 2.45) is 0 Å². The Hall–Kier alpha value is -11.5. The number of aromatic nitrogens is 4. The number of para-hydroxylation sites is 4. The molecule has 92 heavy (non-hydrogen) atoms. The summed E-state index contributed by atoms with van der Waals surface area (Å²) in [7, 11) is 0. The average molecular weight is 1210 g/mol. The molecule has 0 unspecified atom stereocenters. The Morgan fingerprint density at radius 3 is 1.13 bits per heavy atom. The Labute approximate surface area is 535 Å². The maximum Gasteiger partial charge on any atom is 0.0562 e. The minimum Gasteiger partial charge on any atom is -0.309 e. The van der Waals surface area contributed by atoms with Crippen molar-refractivity contribution < 1.29 is 0 Å². The van der Waals surface area contributed by atoms with Crippen LogP contribution >= 0.6 is 22.7 Å². The zero-order valence-electron chi connectivity index (χ0n) is 49.6. The van der Waals surface area contributed by atoms with E-state index in [4.69, 9.17) is 0 Å². The molecule has 0 saturated carbocycles. The lowest BCUT2D eigenvalue weighted by molar-refractivity contribution is 1.17. The van der Waals surface area contributed by atoms with Crippen molar-refractivity contribution in [3.8, 4) is 33.9 Å². The highest BCUT2D eigenvalue weighted by Gasteiger charge is 2.24. The second-order valence-electron chi connectivity index (χ2n) is 24.3. The Kier molecular flexibility index (Phi) is 11.2. The van der Waals surface area contributed by atoms with Gasteiger partial charge in [-0.05, 0) is 143 Å². The van der Waals surface area contributed by atoms with E-state index < -0.39 is 0 Å². The van der Waals surface area contributed by atoms with Gasteiger partial charge in [-0.15, -0.1) is 22.7 Å². The normalized spacial score (nSPS) is 12.1. The standard InChI is InChI=1S/C44H26N2S.C42H26N2S/c1-2-13-28(14-3-1)45-40-24-37-33-19-9-11-21-43(33)47-44(37)25-36(40)35-23-34-32-18-8-10-20-38(32)46(42(34)26-41(35)45)39-22-27-12-4-5-15-29(27)30-16-6-7-17-31(30)39;1-3-12-27(13-4-1)28-14-11-17-30(22-28)44-38-24-36-32-19-8-10-21-41(32)45-42(36)25-35(38)34-23-33-31-18-7-9-20-37(31)43(39(33)26-40(34)44)29-15-5-2-6-16-29/h1-26H;1-26H. The van der Waals surface area contributed by atoms with Gasteiger partial charge in [-0.3, -0.25) is 0 Å². The summed E-state index contributed by atoms with van der Waals surface area (Å²) < 4.78 is 15.2. The monoisotopic (exact) mass is 1200 g/mol. The molecular formula is C86H52N4S2. The van der Waals surface area contributed by atoms with E-state index in [1.54, 1.807) is 0 Å². The van der Waals surface area contributed by atoms with E-state index in [0.717, 1.165) is 5.69 Å². The summed E-state index contributed by atoms with van der Waals surface area (Å²) in [5, 5.41) is 20.6. The second kappa shape index (κ2) is 20.0. The maximum absolute atomic E-state index is 2.50. The van der Waals surface area contributed by atoms with Gasteiger partial charge in [-0.25, -0.2) is 0 Å². The Morgan fingerprint density at radius 2 is 0.554 bits per heavy atom. The highest BCUT2D eigenvalue weighted by molar-refractivity contribution is 7.26. The molecule has 0 radical (unpaired) electrons. The van der Waals surface area contributed by atoms with Crippen LogP contribution in [-0.4, -0.2) is 18.3 Å². The molecule has 15 aromatic carbocycles. The first-order chi connectivity index (χ1) is 45.6. The van der Waals surface area contributed by atoms with Crippen molar-refractivity contribution in [1.82, 2.24) is 18.3 Å². The molecule has 0 saturated heterocycles. The van der Waals surface area contributed by atoms with Crippen LogP contribution in [0.4, 0.5) is 0 Å². The summed E-state index contributed by atoms with van der Waals surface area (Å²) in [5.41, 5.74) is 16.9. The molecule has 0 aliphatic carbocycles. The van der Waals surface area contributed by atoms with Crippen molar-refractivity contribution >= 4 is 172 Å². The third-order valence-electron chi connectivity index (χ3n) is 19.3. The fourth-order valence-electron chi connectivity index (χ4n) is 15.3. The van der Waals surface area contributed by atoms with Crippen LogP contribution in [-0.2, 0) is 0 Å². The molecule has 21 rings (SSSR count). The first-order valence-electron chi connectivity index (χ1n) is 31.5. The van der Waals surface area contributed by atoms with Crippen LogP contribution in [0.25, 0.3) is 183 Å². The van der Waals surface area contributed by atoms with Gasteiger partial charge in [0.15, 0.2) is 0 Å². The summed E-state index contributed by atoms with van der Waals surface area (Å²) in [6, 6.07) is 116. The minimum atomic E-state index is 1.16. The molecule has 6 heterocycles. The average Bonchev–Trinajstić information content (AvgIpc) is 1.55. The topological polar surface area (TPSA) is 19.7 Å². The van der Waals surface area contributed by atoms with Gasteiger partial charge in [-0.2, -0.15) is 0 Å². The lowest BCUT2D eigenvalue weighted by Crippen LogP contribution is -1.97. The van der Waals surface area contributed by atoms with Crippen molar-refractivity contribution in [2.75, 3.05) is 0 Å². The summed E-state index contributed by atoms with van der Waals surface area (Å²) >= 11 is 3.77. The summed E-state index contributed by atoms with van der Waals surface area (Å²) in [4.78, 5) is 0. The number of nitrogens with zero attached hydrogens (tertiary/aromatic N) is 4. The first kappa shape index (κ1) is 51.4. The van der Waals surface area contributed by atoms with Crippen molar-refractivity contribution in [2.45, 2.75) is 0 Å². The Balaban J connectivity index is 0.000000128. The number of benzene rings is 15. The van der Waals surface area contributed by atoms with E-state index in [1.165, 1.54) is 177 Å². The number of hydrogen-bond acceptors (Lipinski definition) is 2. The molecule has 0 bridgehead atoms. The zero-order valence-corrected chi connectivity index (χ0v) is 51.3. The number of hydrogen-bond donors (Lipinski definition) is 0. The highest BCUT2D eigenvalue weighted by Crippen LogP contribution is 2.47. The number of thiophene rings is 2. The SMILES string of the molecule is c1ccc(-c2cccc(-n3c4cc5c(cc4c4cc6c7ccccc7n(-c7ccccc7)c6cc43)sc3ccccc35)c2)cc1.c1ccc(-n2c3cc4c(cc3c3cc5c6ccccc6n(-c6cc7ccccc7c7ccccc67)c5cc32)sc2ccccc24)cc1. The van der Waals surface area contributed by atoms with Crippen molar-refractivity contribution in [1.29, 1.82) is 0 Å². The van der Waals surface area contributed by atoms with E-state index >= 15 is 0 Å². The van der Waals surface area contributed by atoms with E-state index in [0.29, 0.717) is 0 Å². The Morgan fingerprint density at radius 1 is 0.174 bits per heavy atom. The largest absolute Gasteiger partial charge is 0.309 e. The Bertz CT molecular complexity index is 6610. The lowest BCUT2D eigenvalue weighted by Gasteiger charge is -2.14. The van der Waals surface area contributed by atoms with E-state index in [9.17, 15) is 0 Å². The molecule has 6 aromatic heterocycles. The van der Waals surface area contributed by atoms with Crippen LogP contribution in [0.1, 0.15) is 0 Å². The fraction of sp³-hybridized carbons (Fsp3) is 0. The molecule has 0 amide bonds. The fourth-order valence-corrected chi connectivity index (χ4v) is 17.6. The van der Waals surface area contributed by atoms with Crippen LogP contribution < -0.4 is 0 Å². The molecule has 0 aliphatic heterocycles. The van der Waals surface area contributed by atoms with E-state index in [1.807, 2.05) is 22.7 Å². The molecular weight excluding hydrogens is 1150 g/mol. The van der Waals surface area contributed by atoms with Crippen LogP contribution in [0.5, 0.6) is 0 Å². The van der Waals surface area contributed by atoms with E-state index in [2.05, 4.69) is 334 Å². The molecule has 0 fully saturated rings. The number of fused-ring (bicyclic) bond motifs is 21. The molecule has 21 aromatic rings. The molecule has 0 N–H and O–H groups in total.